The zero-order valence-electron chi connectivity index (χ0n) is 17.0. The summed E-state index contributed by atoms with van der Waals surface area (Å²) < 4.78 is 4.93. The van der Waals surface area contributed by atoms with E-state index in [0.717, 1.165) is 5.56 Å². The number of amides is 4. The number of esters is 1. The number of carbonyl (C=O) groups is 4. The van der Waals surface area contributed by atoms with Crippen molar-refractivity contribution in [2.75, 3.05) is 11.9 Å². The van der Waals surface area contributed by atoms with Crippen LogP contribution < -0.4 is 10.6 Å². The molecule has 156 valence electrons. The highest BCUT2D eigenvalue weighted by Gasteiger charge is 2.37. The Hall–Kier alpha value is -3.68. The molecule has 2 N–H and O–H groups in total. The summed E-state index contributed by atoms with van der Waals surface area (Å²) in [6, 6.07) is 10.7. The van der Waals surface area contributed by atoms with Crippen LogP contribution in [0.5, 0.6) is 0 Å². The third kappa shape index (κ3) is 4.32. The highest BCUT2D eigenvalue weighted by atomic mass is 16.5. The van der Waals surface area contributed by atoms with Gasteiger partial charge in [0.1, 0.15) is 0 Å². The first kappa shape index (κ1) is 21.0. The van der Waals surface area contributed by atoms with Gasteiger partial charge in [0.05, 0.1) is 23.3 Å². The lowest BCUT2D eigenvalue weighted by Gasteiger charge is -2.17. The third-order valence-electron chi connectivity index (χ3n) is 4.61. The second-order valence-electron chi connectivity index (χ2n) is 7.06. The first-order chi connectivity index (χ1) is 14.3. The quantitative estimate of drug-likeness (QED) is 0.563. The van der Waals surface area contributed by atoms with Gasteiger partial charge in [-0.05, 0) is 56.7 Å². The van der Waals surface area contributed by atoms with Gasteiger partial charge >= 0.3 is 12.0 Å². The van der Waals surface area contributed by atoms with Crippen LogP contribution in [0.4, 0.5) is 10.5 Å². The number of anilines is 1. The Kier molecular flexibility index (Phi) is 6.15. The van der Waals surface area contributed by atoms with Crippen LogP contribution in [-0.2, 0) is 11.3 Å². The van der Waals surface area contributed by atoms with Gasteiger partial charge in [-0.25, -0.2) is 9.59 Å². The summed E-state index contributed by atoms with van der Waals surface area (Å²) >= 11 is 0. The SMILES string of the molecule is CCOC(=O)c1ccc(CNC(=O)Nc2ccc3c(c2)C(=O)N(C(C)C)C3=O)cc1. The Morgan fingerprint density at radius 3 is 2.30 bits per heavy atom. The molecule has 0 saturated carbocycles. The van der Waals surface area contributed by atoms with Crippen LogP contribution in [0.15, 0.2) is 42.5 Å². The third-order valence-corrected chi connectivity index (χ3v) is 4.61. The maximum atomic E-state index is 12.5. The van der Waals surface area contributed by atoms with Crippen molar-refractivity contribution < 1.29 is 23.9 Å². The van der Waals surface area contributed by atoms with E-state index in [-0.39, 0.29) is 30.0 Å². The number of rotatable bonds is 6. The van der Waals surface area contributed by atoms with Crippen LogP contribution in [0.3, 0.4) is 0 Å². The number of ether oxygens (including phenoxy) is 1. The molecule has 4 amide bonds. The Bertz CT molecular complexity index is 998. The van der Waals surface area contributed by atoms with E-state index in [2.05, 4.69) is 10.6 Å². The molecule has 8 heteroatoms. The number of nitrogens with one attached hydrogen (secondary N) is 2. The molecule has 2 aromatic rings. The van der Waals surface area contributed by atoms with Crippen LogP contribution in [-0.4, -0.2) is 41.4 Å². The summed E-state index contributed by atoms with van der Waals surface area (Å²) in [4.78, 5) is 49.8. The summed E-state index contributed by atoms with van der Waals surface area (Å²) in [5.74, 6) is -1.08. The number of hydrogen-bond donors (Lipinski definition) is 2. The second kappa shape index (κ2) is 8.77. The molecule has 1 aliphatic rings. The zero-order valence-corrected chi connectivity index (χ0v) is 17.0. The molecule has 0 saturated heterocycles. The molecule has 0 atom stereocenters. The largest absolute Gasteiger partial charge is 0.462 e. The Balaban J connectivity index is 1.59. The van der Waals surface area contributed by atoms with Crippen molar-refractivity contribution >= 4 is 29.5 Å². The van der Waals surface area contributed by atoms with E-state index in [4.69, 9.17) is 4.74 Å². The lowest BCUT2D eigenvalue weighted by Crippen LogP contribution is -2.35. The average Bonchev–Trinajstić information content (AvgIpc) is 2.97. The van der Waals surface area contributed by atoms with Crippen LogP contribution in [0.25, 0.3) is 0 Å². The lowest BCUT2D eigenvalue weighted by molar-refractivity contribution is 0.0524. The Labute approximate surface area is 174 Å². The average molecular weight is 409 g/mol. The first-order valence-electron chi connectivity index (χ1n) is 9.64. The van der Waals surface area contributed by atoms with Gasteiger partial charge in [0.15, 0.2) is 0 Å². The first-order valence-corrected chi connectivity index (χ1v) is 9.64. The second-order valence-corrected chi connectivity index (χ2v) is 7.06. The predicted octanol–water partition coefficient (Wildman–Crippen LogP) is 3.19. The fraction of sp³-hybridized carbons (Fsp3) is 0.273. The van der Waals surface area contributed by atoms with E-state index in [1.165, 1.54) is 11.0 Å². The zero-order chi connectivity index (χ0) is 21.8. The molecule has 0 fully saturated rings. The molecule has 2 aromatic carbocycles. The maximum absolute atomic E-state index is 12.5. The van der Waals surface area contributed by atoms with Crippen LogP contribution in [0.2, 0.25) is 0 Å². The number of benzene rings is 2. The van der Waals surface area contributed by atoms with E-state index in [9.17, 15) is 19.2 Å². The van der Waals surface area contributed by atoms with Crippen LogP contribution >= 0.6 is 0 Å². The van der Waals surface area contributed by atoms with Gasteiger partial charge in [0.2, 0.25) is 0 Å². The molecular weight excluding hydrogens is 386 g/mol. The van der Waals surface area contributed by atoms with Crippen LogP contribution in [0.1, 0.15) is 57.4 Å². The van der Waals surface area contributed by atoms with Gasteiger partial charge < -0.3 is 15.4 Å². The standard InChI is InChI=1S/C22H23N3O5/c1-4-30-21(28)15-7-5-14(6-8-15)12-23-22(29)24-16-9-10-17-18(11-16)20(27)25(13(2)3)19(17)26/h5-11,13H,4,12H2,1-3H3,(H2,23,24,29). The maximum Gasteiger partial charge on any atom is 0.338 e. The lowest BCUT2D eigenvalue weighted by atomic mass is 10.1. The van der Waals surface area contributed by atoms with Crippen molar-refractivity contribution in [3.8, 4) is 0 Å². The minimum atomic E-state index is -0.457. The number of fused-ring (bicyclic) bond motifs is 1. The molecule has 0 aliphatic carbocycles. The monoisotopic (exact) mass is 409 g/mol. The predicted molar refractivity (Wildman–Crippen MR) is 110 cm³/mol. The molecule has 0 radical (unpaired) electrons. The molecule has 1 heterocycles. The van der Waals surface area contributed by atoms with E-state index < -0.39 is 12.0 Å². The highest BCUT2D eigenvalue weighted by Crippen LogP contribution is 2.27. The summed E-state index contributed by atoms with van der Waals surface area (Å²) in [5, 5.41) is 5.37. The number of urea groups is 1. The van der Waals surface area contributed by atoms with E-state index in [1.807, 2.05) is 0 Å². The highest BCUT2D eigenvalue weighted by molar-refractivity contribution is 6.22. The molecule has 0 bridgehead atoms. The summed E-state index contributed by atoms with van der Waals surface area (Å²) in [7, 11) is 0. The van der Waals surface area contributed by atoms with Crippen LogP contribution in [0, 0.1) is 0 Å². The van der Waals surface area contributed by atoms with Gasteiger partial charge in [-0.1, -0.05) is 12.1 Å². The van der Waals surface area contributed by atoms with Crippen molar-refractivity contribution in [2.24, 2.45) is 0 Å². The van der Waals surface area contributed by atoms with Crippen molar-refractivity contribution in [3.05, 3.63) is 64.7 Å². The molecule has 0 unspecified atom stereocenters. The fourth-order valence-electron chi connectivity index (χ4n) is 3.14. The van der Waals surface area contributed by atoms with E-state index >= 15 is 0 Å². The molecule has 0 aromatic heterocycles. The summed E-state index contributed by atoms with van der Waals surface area (Å²) in [5.41, 5.74) is 2.27. The van der Waals surface area contributed by atoms with Gasteiger partial charge in [-0.15, -0.1) is 0 Å². The summed E-state index contributed by atoms with van der Waals surface area (Å²) in [6.45, 7) is 5.84. The molecule has 30 heavy (non-hydrogen) atoms. The number of hydrogen-bond acceptors (Lipinski definition) is 5. The van der Waals surface area contributed by atoms with Crippen molar-refractivity contribution in [2.45, 2.75) is 33.4 Å². The van der Waals surface area contributed by atoms with Gasteiger partial charge in [-0.3, -0.25) is 14.5 Å². The molecule has 1 aliphatic heterocycles. The molecular formula is C22H23N3O5. The minimum absolute atomic E-state index is 0.243. The smallest absolute Gasteiger partial charge is 0.338 e. The number of imide groups is 1. The van der Waals surface area contributed by atoms with Crippen molar-refractivity contribution in [1.82, 2.24) is 10.2 Å². The fourth-order valence-corrected chi connectivity index (χ4v) is 3.14. The molecule has 3 rings (SSSR count). The van der Waals surface area contributed by atoms with E-state index in [1.54, 1.807) is 57.2 Å². The van der Waals surface area contributed by atoms with Gasteiger partial charge in [0.25, 0.3) is 11.8 Å². The van der Waals surface area contributed by atoms with Gasteiger partial charge in [0, 0.05) is 18.3 Å². The van der Waals surface area contributed by atoms with Crippen molar-refractivity contribution in [1.29, 1.82) is 0 Å². The number of carbonyl (C=O) groups excluding carboxylic acids is 4. The molecule has 0 spiro atoms. The number of nitrogens with zero attached hydrogens (tertiary/aromatic N) is 1. The van der Waals surface area contributed by atoms with E-state index in [0.29, 0.717) is 23.4 Å². The Morgan fingerprint density at radius 1 is 1.00 bits per heavy atom. The molecule has 8 nitrogen and oxygen atoms in total. The minimum Gasteiger partial charge on any atom is -0.462 e. The van der Waals surface area contributed by atoms with Crippen molar-refractivity contribution in [3.63, 3.8) is 0 Å². The Morgan fingerprint density at radius 2 is 1.67 bits per heavy atom. The summed E-state index contributed by atoms with van der Waals surface area (Å²) in [6.07, 6.45) is 0. The normalized spacial score (nSPS) is 12.7. The van der Waals surface area contributed by atoms with Gasteiger partial charge in [-0.2, -0.15) is 0 Å². The topological polar surface area (TPSA) is 105 Å².